The van der Waals surface area contributed by atoms with Gasteiger partial charge in [-0.15, -0.1) is 0 Å². The minimum Gasteiger partial charge on any atom is -0.0917 e. The fourth-order valence-electron chi connectivity index (χ4n) is 1.45. The van der Waals surface area contributed by atoms with E-state index in [9.17, 15) is 0 Å². The van der Waals surface area contributed by atoms with Crippen LogP contribution in [0.1, 0.15) is 47.5 Å². The minimum atomic E-state index is 0.825. The van der Waals surface area contributed by atoms with Crippen molar-refractivity contribution in [1.82, 2.24) is 0 Å². The van der Waals surface area contributed by atoms with Gasteiger partial charge in [0.2, 0.25) is 0 Å². The first-order chi connectivity index (χ1) is 5.59. The summed E-state index contributed by atoms with van der Waals surface area (Å²) in [6, 6.07) is 0. The lowest BCUT2D eigenvalue weighted by Crippen LogP contribution is -2.13. The highest BCUT2D eigenvalue weighted by atomic mass is 14.2. The van der Waals surface area contributed by atoms with Crippen molar-refractivity contribution in [3.63, 3.8) is 0 Å². The predicted molar refractivity (Wildman–Crippen MR) is 57.2 cm³/mol. The zero-order chi connectivity index (χ0) is 9.56. The lowest BCUT2D eigenvalue weighted by atomic mass is 9.83. The molecule has 2 unspecified atom stereocenters. The Balaban J connectivity index is 3.63. The first-order valence-electron chi connectivity index (χ1n) is 5.20. The van der Waals surface area contributed by atoms with Crippen molar-refractivity contribution >= 4 is 0 Å². The summed E-state index contributed by atoms with van der Waals surface area (Å²) < 4.78 is 0. The van der Waals surface area contributed by atoms with Gasteiger partial charge in [-0.1, -0.05) is 39.8 Å². The quantitative estimate of drug-likeness (QED) is 0.538. The lowest BCUT2D eigenvalue weighted by Gasteiger charge is -2.22. The van der Waals surface area contributed by atoms with Crippen LogP contribution < -0.4 is 0 Å². The summed E-state index contributed by atoms with van der Waals surface area (Å²) >= 11 is 0. The number of allylic oxidation sites excluding steroid dienone is 2. The zero-order valence-electron chi connectivity index (χ0n) is 9.30. The Morgan fingerprint density at radius 2 is 1.67 bits per heavy atom. The molecule has 0 fully saturated rings. The summed E-state index contributed by atoms with van der Waals surface area (Å²) in [5.74, 6) is 2.54. The first kappa shape index (κ1) is 11.7. The van der Waals surface area contributed by atoms with E-state index in [1.165, 1.54) is 12.8 Å². The van der Waals surface area contributed by atoms with E-state index in [4.69, 9.17) is 0 Å². The van der Waals surface area contributed by atoms with Crippen LogP contribution in [0, 0.1) is 17.8 Å². The molecule has 12 heavy (non-hydrogen) atoms. The molecule has 0 heteroatoms. The Hall–Kier alpha value is -0.260. The molecule has 0 saturated carbocycles. The van der Waals surface area contributed by atoms with Crippen LogP contribution >= 0.6 is 0 Å². The van der Waals surface area contributed by atoms with E-state index >= 15 is 0 Å². The van der Waals surface area contributed by atoms with E-state index in [2.05, 4.69) is 46.8 Å². The third-order valence-corrected chi connectivity index (χ3v) is 2.97. The van der Waals surface area contributed by atoms with Crippen LogP contribution in [0.15, 0.2) is 12.2 Å². The number of hydrogen-bond donors (Lipinski definition) is 0. The van der Waals surface area contributed by atoms with Crippen LogP contribution in [0.4, 0.5) is 0 Å². The second kappa shape index (κ2) is 6.28. The Morgan fingerprint density at radius 3 is 2.08 bits per heavy atom. The summed E-state index contributed by atoms with van der Waals surface area (Å²) in [4.78, 5) is 0. The maximum Gasteiger partial charge on any atom is -0.0348 e. The van der Waals surface area contributed by atoms with E-state index in [0.29, 0.717) is 0 Å². The summed E-state index contributed by atoms with van der Waals surface area (Å²) in [5, 5.41) is 0. The molecule has 0 saturated heterocycles. The van der Waals surface area contributed by atoms with Crippen molar-refractivity contribution in [2.45, 2.75) is 47.5 Å². The standard InChI is InChI=1S/C12H24/c1-6-7-8-9-11(4)12(5)10(2)3/h6-7,10-12H,8-9H2,1-5H3. The molecule has 0 spiro atoms. The molecule has 0 N–H and O–H groups in total. The van der Waals surface area contributed by atoms with Crippen molar-refractivity contribution in [1.29, 1.82) is 0 Å². The molecule has 0 aliphatic heterocycles. The molecule has 0 aromatic rings. The Morgan fingerprint density at radius 1 is 1.08 bits per heavy atom. The smallest absolute Gasteiger partial charge is 0.0348 e. The molecular formula is C12H24. The predicted octanol–water partition coefficient (Wildman–Crippen LogP) is 4.27. The second-order valence-electron chi connectivity index (χ2n) is 4.23. The lowest BCUT2D eigenvalue weighted by molar-refractivity contribution is 0.283. The number of rotatable bonds is 5. The molecule has 0 aliphatic rings. The van der Waals surface area contributed by atoms with Gasteiger partial charge >= 0.3 is 0 Å². The van der Waals surface area contributed by atoms with E-state index in [0.717, 1.165) is 17.8 Å². The van der Waals surface area contributed by atoms with Gasteiger partial charge in [-0.2, -0.15) is 0 Å². The van der Waals surface area contributed by atoms with E-state index in [-0.39, 0.29) is 0 Å². The van der Waals surface area contributed by atoms with Crippen LogP contribution in [-0.4, -0.2) is 0 Å². The van der Waals surface area contributed by atoms with Crippen molar-refractivity contribution in [3.8, 4) is 0 Å². The molecule has 2 atom stereocenters. The van der Waals surface area contributed by atoms with E-state index < -0.39 is 0 Å². The third-order valence-electron chi connectivity index (χ3n) is 2.97. The molecule has 0 radical (unpaired) electrons. The van der Waals surface area contributed by atoms with Gasteiger partial charge in [-0.3, -0.25) is 0 Å². The highest BCUT2D eigenvalue weighted by Gasteiger charge is 2.14. The van der Waals surface area contributed by atoms with Crippen LogP contribution in [0.25, 0.3) is 0 Å². The maximum absolute atomic E-state index is 2.37. The third kappa shape index (κ3) is 4.58. The molecule has 0 aromatic heterocycles. The topological polar surface area (TPSA) is 0 Å². The highest BCUT2D eigenvalue weighted by Crippen LogP contribution is 2.23. The maximum atomic E-state index is 2.37. The minimum absolute atomic E-state index is 0.825. The molecule has 72 valence electrons. The molecule has 0 rings (SSSR count). The summed E-state index contributed by atoms with van der Waals surface area (Å²) in [5.41, 5.74) is 0. The van der Waals surface area contributed by atoms with E-state index in [1.807, 2.05) is 0 Å². The molecule has 0 heterocycles. The van der Waals surface area contributed by atoms with Gasteiger partial charge in [0.15, 0.2) is 0 Å². The van der Waals surface area contributed by atoms with Crippen LogP contribution in [-0.2, 0) is 0 Å². The molecular weight excluding hydrogens is 144 g/mol. The average molecular weight is 168 g/mol. The largest absolute Gasteiger partial charge is 0.0917 e. The van der Waals surface area contributed by atoms with Gasteiger partial charge < -0.3 is 0 Å². The first-order valence-corrected chi connectivity index (χ1v) is 5.20. The molecule has 0 aliphatic carbocycles. The van der Waals surface area contributed by atoms with Gasteiger partial charge in [0.25, 0.3) is 0 Å². The molecule has 0 bridgehead atoms. The van der Waals surface area contributed by atoms with Crippen LogP contribution in [0.3, 0.4) is 0 Å². The molecule has 0 nitrogen and oxygen atoms in total. The summed E-state index contributed by atoms with van der Waals surface area (Å²) in [6.45, 7) is 11.5. The molecule has 0 amide bonds. The van der Waals surface area contributed by atoms with Crippen LogP contribution in [0.5, 0.6) is 0 Å². The van der Waals surface area contributed by atoms with Gasteiger partial charge in [-0.25, -0.2) is 0 Å². The van der Waals surface area contributed by atoms with E-state index in [1.54, 1.807) is 0 Å². The van der Waals surface area contributed by atoms with Crippen molar-refractivity contribution in [2.24, 2.45) is 17.8 Å². The van der Waals surface area contributed by atoms with Crippen molar-refractivity contribution in [2.75, 3.05) is 0 Å². The average Bonchev–Trinajstić information content (AvgIpc) is 2.03. The van der Waals surface area contributed by atoms with Crippen molar-refractivity contribution < 1.29 is 0 Å². The van der Waals surface area contributed by atoms with Gasteiger partial charge in [0.1, 0.15) is 0 Å². The van der Waals surface area contributed by atoms with Gasteiger partial charge in [0, 0.05) is 0 Å². The molecule has 0 aromatic carbocycles. The normalized spacial score (nSPS) is 17.2. The van der Waals surface area contributed by atoms with Gasteiger partial charge in [0.05, 0.1) is 0 Å². The van der Waals surface area contributed by atoms with Crippen LogP contribution in [0.2, 0.25) is 0 Å². The summed E-state index contributed by atoms with van der Waals surface area (Å²) in [6.07, 6.45) is 6.99. The SMILES string of the molecule is CC=CCCC(C)C(C)C(C)C. The summed E-state index contributed by atoms with van der Waals surface area (Å²) in [7, 11) is 0. The Labute approximate surface area is 78.1 Å². The number of hydrogen-bond acceptors (Lipinski definition) is 0. The zero-order valence-corrected chi connectivity index (χ0v) is 9.30. The Bertz CT molecular complexity index is 122. The highest BCUT2D eigenvalue weighted by molar-refractivity contribution is 4.78. The fourth-order valence-corrected chi connectivity index (χ4v) is 1.45. The van der Waals surface area contributed by atoms with Crippen molar-refractivity contribution in [3.05, 3.63) is 12.2 Å². The fraction of sp³-hybridized carbons (Fsp3) is 0.833. The van der Waals surface area contributed by atoms with Gasteiger partial charge in [-0.05, 0) is 37.5 Å². The second-order valence-corrected chi connectivity index (χ2v) is 4.23. The Kier molecular flexibility index (Phi) is 6.14. The monoisotopic (exact) mass is 168 g/mol.